The fourth-order valence-electron chi connectivity index (χ4n) is 5.39. The van der Waals surface area contributed by atoms with E-state index in [1.807, 2.05) is 36.4 Å². The van der Waals surface area contributed by atoms with E-state index in [1.165, 1.54) is 5.56 Å². The molecular formula is C29H29N5O3. The van der Waals surface area contributed by atoms with Gasteiger partial charge in [0.2, 0.25) is 0 Å². The van der Waals surface area contributed by atoms with Gasteiger partial charge in [0.1, 0.15) is 23.2 Å². The van der Waals surface area contributed by atoms with Crippen LogP contribution in [0.5, 0.6) is 5.75 Å². The number of aromatic nitrogens is 1. The minimum Gasteiger partial charge on any atom is -0.487 e. The molecule has 3 aromatic rings. The third-order valence-corrected chi connectivity index (χ3v) is 7.54. The SMILES string of the molecule is N#Cc1ccc(N2CCC3(CC2)Cc2cc(-c4ccc(NC(=O)N5CCOCC5)cc4)ccc2O3)nc1. The third kappa shape index (κ3) is 4.83. The molecule has 1 aromatic heterocycles. The van der Waals surface area contributed by atoms with E-state index in [-0.39, 0.29) is 11.6 Å². The van der Waals surface area contributed by atoms with Crippen molar-refractivity contribution in [3.63, 3.8) is 0 Å². The largest absolute Gasteiger partial charge is 0.487 e. The van der Waals surface area contributed by atoms with Crippen molar-refractivity contribution in [1.29, 1.82) is 5.26 Å². The summed E-state index contributed by atoms with van der Waals surface area (Å²) in [7, 11) is 0. The Bertz CT molecular complexity index is 1320. The fourth-order valence-corrected chi connectivity index (χ4v) is 5.39. The number of carbonyl (C=O) groups is 1. The van der Waals surface area contributed by atoms with Gasteiger partial charge in [0.05, 0.1) is 18.8 Å². The number of morpholine rings is 1. The number of urea groups is 1. The Morgan fingerprint density at radius 3 is 2.43 bits per heavy atom. The molecule has 2 amide bonds. The monoisotopic (exact) mass is 495 g/mol. The number of hydrogen-bond donors (Lipinski definition) is 1. The average Bonchev–Trinajstić information content (AvgIpc) is 3.31. The summed E-state index contributed by atoms with van der Waals surface area (Å²) in [5.74, 6) is 1.89. The molecule has 8 nitrogen and oxygen atoms in total. The first-order valence-electron chi connectivity index (χ1n) is 12.8. The summed E-state index contributed by atoms with van der Waals surface area (Å²) in [5.41, 5.74) is 4.69. The predicted molar refractivity (Wildman–Crippen MR) is 141 cm³/mol. The zero-order valence-electron chi connectivity index (χ0n) is 20.7. The normalized spacial score (nSPS) is 18.1. The first-order chi connectivity index (χ1) is 18.1. The number of piperidine rings is 1. The van der Waals surface area contributed by atoms with Gasteiger partial charge in [-0.3, -0.25) is 0 Å². The number of nitriles is 1. The van der Waals surface area contributed by atoms with Crippen molar-refractivity contribution < 1.29 is 14.3 Å². The van der Waals surface area contributed by atoms with E-state index in [2.05, 4.69) is 39.5 Å². The molecule has 1 N–H and O–H groups in total. The summed E-state index contributed by atoms with van der Waals surface area (Å²) in [6.07, 6.45) is 4.39. The Kier molecular flexibility index (Phi) is 6.15. The van der Waals surface area contributed by atoms with Crippen LogP contribution >= 0.6 is 0 Å². The summed E-state index contributed by atoms with van der Waals surface area (Å²) in [5, 5.41) is 12.0. The maximum absolute atomic E-state index is 12.5. The van der Waals surface area contributed by atoms with Crippen molar-refractivity contribution in [1.82, 2.24) is 9.88 Å². The zero-order chi connectivity index (χ0) is 25.2. The molecule has 2 aromatic carbocycles. The van der Waals surface area contributed by atoms with E-state index in [0.717, 1.165) is 60.7 Å². The molecule has 8 heteroatoms. The molecule has 0 unspecified atom stereocenters. The molecule has 0 atom stereocenters. The van der Waals surface area contributed by atoms with Crippen molar-refractivity contribution in [2.24, 2.45) is 0 Å². The minimum atomic E-state index is -0.169. The number of ether oxygens (including phenoxy) is 2. The van der Waals surface area contributed by atoms with Crippen molar-refractivity contribution in [3.8, 4) is 22.9 Å². The van der Waals surface area contributed by atoms with Crippen LogP contribution in [0, 0.1) is 11.3 Å². The van der Waals surface area contributed by atoms with Gasteiger partial charge in [-0.2, -0.15) is 5.26 Å². The molecule has 0 aliphatic carbocycles. The first-order valence-corrected chi connectivity index (χ1v) is 12.8. The van der Waals surface area contributed by atoms with Crippen LogP contribution in [0.4, 0.5) is 16.3 Å². The Morgan fingerprint density at radius 2 is 1.73 bits per heavy atom. The van der Waals surface area contributed by atoms with Gasteiger partial charge < -0.3 is 24.6 Å². The van der Waals surface area contributed by atoms with E-state index < -0.39 is 0 Å². The molecule has 37 heavy (non-hydrogen) atoms. The molecule has 4 heterocycles. The lowest BCUT2D eigenvalue weighted by molar-refractivity contribution is 0.0564. The number of amides is 2. The number of nitrogens with zero attached hydrogens (tertiary/aromatic N) is 4. The van der Waals surface area contributed by atoms with Crippen LogP contribution in [0.15, 0.2) is 60.8 Å². The Labute approximate surface area is 216 Å². The highest BCUT2D eigenvalue weighted by atomic mass is 16.5. The number of hydrogen-bond acceptors (Lipinski definition) is 6. The highest BCUT2D eigenvalue weighted by Gasteiger charge is 2.42. The Balaban J connectivity index is 1.09. The quantitative estimate of drug-likeness (QED) is 0.577. The van der Waals surface area contributed by atoms with Crippen molar-refractivity contribution in [3.05, 3.63) is 71.9 Å². The molecule has 2 fully saturated rings. The molecular weight excluding hydrogens is 466 g/mol. The van der Waals surface area contributed by atoms with Gasteiger partial charge >= 0.3 is 6.03 Å². The second-order valence-electron chi connectivity index (χ2n) is 9.90. The lowest BCUT2D eigenvalue weighted by atomic mass is 9.86. The number of carbonyl (C=O) groups excluding carboxylic acids is 1. The van der Waals surface area contributed by atoms with Crippen LogP contribution in [0.2, 0.25) is 0 Å². The lowest BCUT2D eigenvalue weighted by Crippen LogP contribution is -2.47. The first kappa shape index (κ1) is 23.3. The molecule has 188 valence electrons. The van der Waals surface area contributed by atoms with Gasteiger partial charge in [0, 0.05) is 57.3 Å². The number of nitrogens with one attached hydrogen (secondary N) is 1. The van der Waals surface area contributed by atoms with Gasteiger partial charge in [-0.15, -0.1) is 0 Å². The minimum absolute atomic E-state index is 0.0861. The van der Waals surface area contributed by atoms with Gasteiger partial charge in [-0.1, -0.05) is 18.2 Å². The molecule has 3 aliphatic rings. The second-order valence-corrected chi connectivity index (χ2v) is 9.90. The standard InChI is InChI=1S/C29H29N5O3/c30-19-21-1-8-27(31-20-21)33-11-9-29(10-12-33)18-24-17-23(4-7-26(24)37-29)22-2-5-25(6-3-22)32-28(35)34-13-15-36-16-14-34/h1-8,17,20H,9-16,18H2,(H,32,35). The van der Waals surface area contributed by atoms with E-state index in [4.69, 9.17) is 14.7 Å². The van der Waals surface area contributed by atoms with Gasteiger partial charge in [0.25, 0.3) is 0 Å². The maximum Gasteiger partial charge on any atom is 0.321 e. The molecule has 2 saturated heterocycles. The highest BCUT2D eigenvalue weighted by molar-refractivity contribution is 5.89. The number of benzene rings is 2. The van der Waals surface area contributed by atoms with Gasteiger partial charge in [0.15, 0.2) is 0 Å². The molecule has 6 rings (SSSR count). The Morgan fingerprint density at radius 1 is 0.973 bits per heavy atom. The van der Waals surface area contributed by atoms with Gasteiger partial charge in [-0.05, 0) is 53.1 Å². The van der Waals surface area contributed by atoms with Crippen molar-refractivity contribution >= 4 is 17.5 Å². The summed E-state index contributed by atoms with van der Waals surface area (Å²) in [6.45, 7) is 4.15. The van der Waals surface area contributed by atoms with Crippen LogP contribution in [-0.4, -0.2) is 60.9 Å². The molecule has 0 radical (unpaired) electrons. The topological polar surface area (TPSA) is 90.7 Å². The van der Waals surface area contributed by atoms with Crippen molar-refractivity contribution in [2.75, 3.05) is 49.6 Å². The average molecular weight is 496 g/mol. The molecule has 3 aliphatic heterocycles. The fraction of sp³-hybridized carbons (Fsp3) is 0.345. The van der Waals surface area contributed by atoms with Crippen LogP contribution in [0.3, 0.4) is 0 Å². The number of anilines is 2. The van der Waals surface area contributed by atoms with Crippen molar-refractivity contribution in [2.45, 2.75) is 24.9 Å². The molecule has 0 saturated carbocycles. The lowest BCUT2D eigenvalue weighted by Gasteiger charge is -2.39. The number of rotatable bonds is 3. The number of pyridine rings is 1. The van der Waals surface area contributed by atoms with E-state index >= 15 is 0 Å². The zero-order valence-corrected chi connectivity index (χ0v) is 20.7. The van der Waals surface area contributed by atoms with E-state index in [9.17, 15) is 4.79 Å². The second kappa shape index (κ2) is 9.75. The highest BCUT2D eigenvalue weighted by Crippen LogP contribution is 2.43. The third-order valence-electron chi connectivity index (χ3n) is 7.54. The summed E-state index contributed by atoms with van der Waals surface area (Å²) < 4.78 is 11.8. The van der Waals surface area contributed by atoms with Crippen LogP contribution < -0.4 is 15.0 Å². The smallest absolute Gasteiger partial charge is 0.321 e. The summed E-state index contributed by atoms with van der Waals surface area (Å²) >= 11 is 0. The molecule has 1 spiro atoms. The maximum atomic E-state index is 12.5. The van der Waals surface area contributed by atoms with Crippen LogP contribution in [0.25, 0.3) is 11.1 Å². The van der Waals surface area contributed by atoms with Crippen LogP contribution in [0.1, 0.15) is 24.0 Å². The van der Waals surface area contributed by atoms with E-state index in [1.54, 1.807) is 11.1 Å². The van der Waals surface area contributed by atoms with Crippen LogP contribution in [-0.2, 0) is 11.2 Å². The Hall–Kier alpha value is -4.09. The summed E-state index contributed by atoms with van der Waals surface area (Å²) in [4.78, 5) is 20.9. The van der Waals surface area contributed by atoms with Gasteiger partial charge in [-0.25, -0.2) is 9.78 Å². The predicted octanol–water partition coefficient (Wildman–Crippen LogP) is 4.46. The molecule has 0 bridgehead atoms. The number of fused-ring (bicyclic) bond motifs is 1. The summed E-state index contributed by atoms with van der Waals surface area (Å²) in [6, 6.07) is 20.2. The van der Waals surface area contributed by atoms with E-state index in [0.29, 0.717) is 31.9 Å².